The fourth-order valence-electron chi connectivity index (χ4n) is 1.61. The van der Waals surface area contributed by atoms with Crippen molar-refractivity contribution >= 4 is 16.6 Å². The summed E-state index contributed by atoms with van der Waals surface area (Å²) in [4.78, 5) is 8.02. The normalized spacial score (nSPS) is 24.7. The van der Waals surface area contributed by atoms with Crippen molar-refractivity contribution in [2.75, 3.05) is 16.8 Å². The summed E-state index contributed by atoms with van der Waals surface area (Å²) < 4.78 is 11.2. The maximum atomic E-state index is 11.2. The van der Waals surface area contributed by atoms with E-state index in [2.05, 4.69) is 15.3 Å². The van der Waals surface area contributed by atoms with Crippen LogP contribution in [-0.2, 0) is 10.8 Å². The molecule has 0 aliphatic carbocycles. The van der Waals surface area contributed by atoms with Gasteiger partial charge in [-0.2, -0.15) is 5.26 Å². The first kappa shape index (κ1) is 11.0. The molecule has 0 aromatic carbocycles. The molecule has 5 nitrogen and oxygen atoms in total. The first-order chi connectivity index (χ1) is 7.78. The molecule has 0 saturated carbocycles. The van der Waals surface area contributed by atoms with Crippen molar-refractivity contribution in [1.29, 1.82) is 5.26 Å². The van der Waals surface area contributed by atoms with Gasteiger partial charge in [-0.15, -0.1) is 0 Å². The van der Waals surface area contributed by atoms with Crippen molar-refractivity contribution < 1.29 is 4.21 Å². The molecule has 1 aliphatic rings. The number of hydrogen-bond donors (Lipinski definition) is 1. The molecule has 0 amide bonds. The highest BCUT2D eigenvalue weighted by Crippen LogP contribution is 2.13. The van der Waals surface area contributed by atoms with Gasteiger partial charge in [0.1, 0.15) is 11.9 Å². The quantitative estimate of drug-likeness (QED) is 0.816. The number of nitrogens with zero attached hydrogens (tertiary/aromatic N) is 3. The first-order valence-electron chi connectivity index (χ1n) is 5.11. The molecule has 2 heterocycles. The third-order valence-electron chi connectivity index (χ3n) is 2.51. The molecule has 0 unspecified atom stereocenters. The number of rotatable bonds is 2. The van der Waals surface area contributed by atoms with E-state index >= 15 is 0 Å². The summed E-state index contributed by atoms with van der Waals surface area (Å²) in [6, 6.07) is 2.24. The number of nitriles is 1. The van der Waals surface area contributed by atoms with Gasteiger partial charge in [0.05, 0.1) is 12.4 Å². The lowest BCUT2D eigenvalue weighted by molar-refractivity contribution is 0.622. The van der Waals surface area contributed by atoms with E-state index in [0.29, 0.717) is 17.6 Å². The van der Waals surface area contributed by atoms with Crippen LogP contribution in [0.5, 0.6) is 0 Å². The van der Waals surface area contributed by atoms with Crippen molar-refractivity contribution in [3.05, 3.63) is 18.1 Å². The standard InChI is InChI=1S/C10H12N4OS/c11-5-9-6-13-10(7-12-9)14-8-1-3-16(15)4-2-8/h6-8H,1-4H2,(H,13,14). The van der Waals surface area contributed by atoms with E-state index in [1.54, 1.807) is 6.20 Å². The predicted molar refractivity (Wildman–Crippen MR) is 61.3 cm³/mol. The van der Waals surface area contributed by atoms with Gasteiger partial charge in [-0.1, -0.05) is 0 Å². The summed E-state index contributed by atoms with van der Waals surface area (Å²) >= 11 is 0. The van der Waals surface area contributed by atoms with E-state index in [1.807, 2.05) is 6.07 Å². The van der Waals surface area contributed by atoms with Crippen molar-refractivity contribution in [3.63, 3.8) is 0 Å². The van der Waals surface area contributed by atoms with Crippen LogP contribution < -0.4 is 5.32 Å². The number of anilines is 1. The summed E-state index contributed by atoms with van der Waals surface area (Å²) in [5.41, 5.74) is 0.315. The molecule has 0 atom stereocenters. The van der Waals surface area contributed by atoms with Crippen LogP contribution in [0.2, 0.25) is 0 Å². The molecule has 1 aliphatic heterocycles. The lowest BCUT2D eigenvalue weighted by Crippen LogP contribution is -2.29. The molecule has 6 heteroatoms. The van der Waals surface area contributed by atoms with E-state index in [0.717, 1.165) is 24.3 Å². The molecule has 0 radical (unpaired) electrons. The zero-order chi connectivity index (χ0) is 11.4. The van der Waals surface area contributed by atoms with E-state index in [-0.39, 0.29) is 0 Å². The van der Waals surface area contributed by atoms with Crippen LogP contribution >= 0.6 is 0 Å². The number of nitrogens with one attached hydrogen (secondary N) is 1. The van der Waals surface area contributed by atoms with Gasteiger partial charge >= 0.3 is 0 Å². The van der Waals surface area contributed by atoms with Gasteiger partial charge < -0.3 is 5.32 Å². The van der Waals surface area contributed by atoms with Crippen LogP contribution in [-0.4, -0.2) is 31.7 Å². The van der Waals surface area contributed by atoms with Crippen molar-refractivity contribution in [2.45, 2.75) is 18.9 Å². The van der Waals surface area contributed by atoms with Crippen molar-refractivity contribution in [1.82, 2.24) is 9.97 Å². The van der Waals surface area contributed by atoms with Gasteiger partial charge in [0.2, 0.25) is 0 Å². The topological polar surface area (TPSA) is 78.7 Å². The Labute approximate surface area is 96.4 Å². The smallest absolute Gasteiger partial charge is 0.158 e. The largest absolute Gasteiger partial charge is 0.366 e. The monoisotopic (exact) mass is 236 g/mol. The summed E-state index contributed by atoms with van der Waals surface area (Å²) in [5.74, 6) is 2.18. The van der Waals surface area contributed by atoms with Gasteiger partial charge in [0, 0.05) is 28.3 Å². The zero-order valence-electron chi connectivity index (χ0n) is 8.72. The number of hydrogen-bond acceptors (Lipinski definition) is 5. The molecule has 2 rings (SSSR count). The highest BCUT2D eigenvalue weighted by atomic mass is 32.2. The van der Waals surface area contributed by atoms with Gasteiger partial charge in [0.15, 0.2) is 5.69 Å². The second-order valence-corrected chi connectivity index (χ2v) is 5.36. The highest BCUT2D eigenvalue weighted by Gasteiger charge is 2.17. The predicted octanol–water partition coefficient (Wildman–Crippen LogP) is 0.671. The van der Waals surface area contributed by atoms with E-state index in [1.165, 1.54) is 6.20 Å². The lowest BCUT2D eigenvalue weighted by atomic mass is 10.1. The maximum absolute atomic E-state index is 11.2. The average molecular weight is 236 g/mol. The Hall–Kier alpha value is -1.48. The molecular weight excluding hydrogens is 224 g/mol. The molecule has 16 heavy (non-hydrogen) atoms. The first-order valence-corrected chi connectivity index (χ1v) is 6.60. The SMILES string of the molecule is N#Cc1cnc(NC2CCS(=O)CC2)cn1. The molecule has 84 valence electrons. The Bertz CT molecular complexity index is 415. The van der Waals surface area contributed by atoms with Crippen LogP contribution in [0, 0.1) is 11.3 Å². The minimum Gasteiger partial charge on any atom is -0.366 e. The fraction of sp³-hybridized carbons (Fsp3) is 0.500. The Morgan fingerprint density at radius 2 is 2.12 bits per heavy atom. The molecule has 1 N–H and O–H groups in total. The average Bonchev–Trinajstić information content (AvgIpc) is 2.33. The van der Waals surface area contributed by atoms with Gasteiger partial charge in [-0.3, -0.25) is 4.21 Å². The molecule has 0 bridgehead atoms. The molecule has 1 fully saturated rings. The lowest BCUT2D eigenvalue weighted by Gasteiger charge is -2.22. The van der Waals surface area contributed by atoms with Crippen LogP contribution in [0.25, 0.3) is 0 Å². The van der Waals surface area contributed by atoms with Crippen LogP contribution in [0.1, 0.15) is 18.5 Å². The van der Waals surface area contributed by atoms with E-state index < -0.39 is 10.8 Å². The second-order valence-electron chi connectivity index (χ2n) is 3.67. The summed E-state index contributed by atoms with van der Waals surface area (Å²) in [5, 5.41) is 11.8. The minimum atomic E-state index is -0.643. The molecule has 1 aromatic rings. The van der Waals surface area contributed by atoms with Crippen LogP contribution in [0.15, 0.2) is 12.4 Å². The van der Waals surface area contributed by atoms with E-state index in [4.69, 9.17) is 5.26 Å². The molecule has 1 aromatic heterocycles. The van der Waals surface area contributed by atoms with Gasteiger partial charge in [0.25, 0.3) is 0 Å². The van der Waals surface area contributed by atoms with E-state index in [9.17, 15) is 4.21 Å². The molecular formula is C10H12N4OS. The number of aromatic nitrogens is 2. The Balaban J connectivity index is 1.94. The second kappa shape index (κ2) is 5.03. The Morgan fingerprint density at radius 3 is 2.69 bits per heavy atom. The van der Waals surface area contributed by atoms with Crippen molar-refractivity contribution in [2.24, 2.45) is 0 Å². The van der Waals surface area contributed by atoms with Crippen LogP contribution in [0.4, 0.5) is 5.82 Å². The molecule has 0 spiro atoms. The highest BCUT2D eigenvalue weighted by molar-refractivity contribution is 7.85. The van der Waals surface area contributed by atoms with Gasteiger partial charge in [-0.25, -0.2) is 9.97 Å². The summed E-state index contributed by atoms with van der Waals surface area (Å²) in [6.45, 7) is 0. The fourth-order valence-corrected chi connectivity index (χ4v) is 2.91. The Kier molecular flexibility index (Phi) is 3.47. The van der Waals surface area contributed by atoms with Gasteiger partial charge in [-0.05, 0) is 12.8 Å². The summed E-state index contributed by atoms with van der Waals surface area (Å²) in [7, 11) is -0.643. The summed E-state index contributed by atoms with van der Waals surface area (Å²) in [6.07, 6.45) is 4.80. The molecule has 1 saturated heterocycles. The Morgan fingerprint density at radius 1 is 1.38 bits per heavy atom. The third-order valence-corrected chi connectivity index (χ3v) is 3.89. The minimum absolute atomic E-state index is 0.315. The maximum Gasteiger partial charge on any atom is 0.158 e. The third kappa shape index (κ3) is 2.76. The zero-order valence-corrected chi connectivity index (χ0v) is 9.54. The van der Waals surface area contributed by atoms with Crippen LogP contribution in [0.3, 0.4) is 0 Å². The van der Waals surface area contributed by atoms with Crippen molar-refractivity contribution in [3.8, 4) is 6.07 Å².